The fraction of sp³-hybridized carbons (Fsp3) is 0.118. The molecule has 2 aromatic carbocycles. The maximum absolute atomic E-state index is 13.1. The minimum Gasteiger partial charge on any atom is -0.316 e. The van der Waals surface area contributed by atoms with Crippen LogP contribution >= 0.6 is 0 Å². The number of amides is 2. The van der Waals surface area contributed by atoms with Crippen LogP contribution in [0.3, 0.4) is 0 Å². The average Bonchev–Trinajstić information content (AvgIpc) is 2.61. The first kappa shape index (κ1) is 17.1. The van der Waals surface area contributed by atoms with Crippen LogP contribution in [0.4, 0.5) is 10.1 Å². The molecular formula is C17H14FN3O3. The SMILES string of the molecule is CN(OCc1ccccc1)C(=O)C(=O)Nc1ccc(F)cc1C#N. The summed E-state index contributed by atoms with van der Waals surface area (Å²) in [7, 11) is 1.31. The molecule has 0 atom stereocenters. The summed E-state index contributed by atoms with van der Waals surface area (Å²) in [5, 5.41) is 12.0. The van der Waals surface area contributed by atoms with Gasteiger partial charge in [-0.3, -0.25) is 14.4 Å². The van der Waals surface area contributed by atoms with Crippen LogP contribution in [0.5, 0.6) is 0 Å². The van der Waals surface area contributed by atoms with Gasteiger partial charge in [-0.15, -0.1) is 0 Å². The van der Waals surface area contributed by atoms with Gasteiger partial charge >= 0.3 is 11.8 Å². The van der Waals surface area contributed by atoms with E-state index in [-0.39, 0.29) is 17.9 Å². The highest BCUT2D eigenvalue weighted by molar-refractivity contribution is 6.39. The van der Waals surface area contributed by atoms with E-state index in [9.17, 15) is 14.0 Å². The number of hydroxylamine groups is 2. The van der Waals surface area contributed by atoms with Crippen LogP contribution in [-0.2, 0) is 21.0 Å². The Hall–Kier alpha value is -3.24. The third-order valence-corrected chi connectivity index (χ3v) is 3.10. The lowest BCUT2D eigenvalue weighted by Gasteiger charge is -2.16. The lowest BCUT2D eigenvalue weighted by atomic mass is 10.2. The predicted molar refractivity (Wildman–Crippen MR) is 83.7 cm³/mol. The minimum absolute atomic E-state index is 0.0497. The highest BCUT2D eigenvalue weighted by atomic mass is 19.1. The Morgan fingerprint density at radius 2 is 1.96 bits per heavy atom. The second-order valence-corrected chi connectivity index (χ2v) is 4.82. The van der Waals surface area contributed by atoms with Crippen LogP contribution < -0.4 is 5.32 Å². The smallest absolute Gasteiger partial charge is 0.316 e. The Labute approximate surface area is 138 Å². The molecule has 0 fully saturated rings. The zero-order valence-corrected chi connectivity index (χ0v) is 12.8. The number of hydrogen-bond donors (Lipinski definition) is 1. The van der Waals surface area contributed by atoms with Gasteiger partial charge in [0.25, 0.3) is 0 Å². The van der Waals surface area contributed by atoms with Crippen LogP contribution in [0.2, 0.25) is 0 Å². The third kappa shape index (κ3) is 4.38. The molecule has 1 N–H and O–H groups in total. The van der Waals surface area contributed by atoms with Gasteiger partial charge < -0.3 is 5.32 Å². The van der Waals surface area contributed by atoms with E-state index in [4.69, 9.17) is 10.1 Å². The van der Waals surface area contributed by atoms with E-state index in [0.29, 0.717) is 0 Å². The number of carbonyl (C=O) groups excluding carboxylic acids is 2. The molecule has 24 heavy (non-hydrogen) atoms. The van der Waals surface area contributed by atoms with Crippen molar-refractivity contribution < 1.29 is 18.8 Å². The first-order valence-corrected chi connectivity index (χ1v) is 6.97. The van der Waals surface area contributed by atoms with Crippen molar-refractivity contribution in [1.29, 1.82) is 5.26 Å². The number of carbonyl (C=O) groups is 2. The quantitative estimate of drug-likeness (QED) is 0.689. The van der Waals surface area contributed by atoms with Crippen molar-refractivity contribution in [2.75, 3.05) is 12.4 Å². The van der Waals surface area contributed by atoms with Gasteiger partial charge in [0.1, 0.15) is 18.5 Å². The molecule has 122 valence electrons. The van der Waals surface area contributed by atoms with Gasteiger partial charge in [0.15, 0.2) is 0 Å². The zero-order chi connectivity index (χ0) is 17.5. The molecule has 2 aromatic rings. The van der Waals surface area contributed by atoms with Gasteiger partial charge in [0.05, 0.1) is 11.3 Å². The van der Waals surface area contributed by atoms with Crippen molar-refractivity contribution in [3.63, 3.8) is 0 Å². The number of benzene rings is 2. The third-order valence-electron chi connectivity index (χ3n) is 3.10. The molecule has 0 saturated heterocycles. The van der Waals surface area contributed by atoms with Gasteiger partial charge in [0, 0.05) is 7.05 Å². The van der Waals surface area contributed by atoms with Gasteiger partial charge in [0.2, 0.25) is 0 Å². The molecule has 0 spiro atoms. The molecule has 0 saturated carbocycles. The summed E-state index contributed by atoms with van der Waals surface area (Å²) in [6.45, 7) is 0.121. The molecule has 0 unspecified atom stereocenters. The Morgan fingerprint density at radius 3 is 2.62 bits per heavy atom. The van der Waals surface area contributed by atoms with E-state index in [1.54, 1.807) is 6.07 Å². The molecule has 0 radical (unpaired) electrons. The second kappa shape index (κ2) is 7.85. The first-order chi connectivity index (χ1) is 11.5. The molecule has 0 aliphatic rings. The van der Waals surface area contributed by atoms with Crippen LogP contribution in [-0.4, -0.2) is 23.9 Å². The number of halogens is 1. The topological polar surface area (TPSA) is 82.4 Å². The van der Waals surface area contributed by atoms with E-state index >= 15 is 0 Å². The van der Waals surface area contributed by atoms with E-state index in [0.717, 1.165) is 22.8 Å². The molecule has 0 aliphatic carbocycles. The van der Waals surface area contributed by atoms with Crippen molar-refractivity contribution in [1.82, 2.24) is 5.06 Å². The average molecular weight is 327 g/mol. The van der Waals surface area contributed by atoms with Crippen molar-refractivity contribution in [2.24, 2.45) is 0 Å². The molecule has 2 amide bonds. The van der Waals surface area contributed by atoms with Crippen molar-refractivity contribution >= 4 is 17.5 Å². The summed E-state index contributed by atoms with van der Waals surface area (Å²) in [5.41, 5.74) is 0.806. The molecule has 2 rings (SSSR count). The zero-order valence-electron chi connectivity index (χ0n) is 12.8. The molecule has 7 heteroatoms. The number of likely N-dealkylation sites (N-methyl/N-ethyl adjacent to an activating group) is 1. The Bertz CT molecular complexity index is 787. The van der Waals surface area contributed by atoms with Crippen LogP contribution in [0.15, 0.2) is 48.5 Å². The number of nitrogens with one attached hydrogen (secondary N) is 1. The summed E-state index contributed by atoms with van der Waals surface area (Å²) in [6, 6.07) is 14.1. The van der Waals surface area contributed by atoms with E-state index < -0.39 is 17.6 Å². The van der Waals surface area contributed by atoms with E-state index in [2.05, 4.69) is 5.32 Å². The number of anilines is 1. The summed E-state index contributed by atoms with van der Waals surface area (Å²) < 4.78 is 13.1. The number of nitrogens with zero attached hydrogens (tertiary/aromatic N) is 2. The second-order valence-electron chi connectivity index (χ2n) is 4.82. The fourth-order valence-corrected chi connectivity index (χ4v) is 1.84. The molecule has 0 aromatic heterocycles. The fourth-order valence-electron chi connectivity index (χ4n) is 1.84. The van der Waals surface area contributed by atoms with Gasteiger partial charge in [-0.25, -0.2) is 9.45 Å². The molecule has 0 bridgehead atoms. The first-order valence-electron chi connectivity index (χ1n) is 6.97. The Kier molecular flexibility index (Phi) is 5.60. The predicted octanol–water partition coefficient (Wildman–Crippen LogP) is 2.23. The Balaban J connectivity index is 1.97. The highest BCUT2D eigenvalue weighted by Crippen LogP contribution is 2.16. The molecular weight excluding hydrogens is 313 g/mol. The molecule has 6 nitrogen and oxygen atoms in total. The summed E-state index contributed by atoms with van der Waals surface area (Å²) in [6.07, 6.45) is 0. The van der Waals surface area contributed by atoms with E-state index in [1.807, 2.05) is 30.3 Å². The molecule has 0 aliphatic heterocycles. The number of hydrogen-bond acceptors (Lipinski definition) is 4. The summed E-state index contributed by atoms with van der Waals surface area (Å²) >= 11 is 0. The molecule has 0 heterocycles. The van der Waals surface area contributed by atoms with Gasteiger partial charge in [-0.05, 0) is 23.8 Å². The maximum Gasteiger partial charge on any atom is 0.335 e. The lowest BCUT2D eigenvalue weighted by molar-refractivity contribution is -0.184. The maximum atomic E-state index is 13.1. The van der Waals surface area contributed by atoms with Crippen LogP contribution in [0, 0.1) is 17.1 Å². The number of rotatable bonds is 4. The van der Waals surface area contributed by atoms with Gasteiger partial charge in [-0.2, -0.15) is 5.26 Å². The summed E-state index contributed by atoms with van der Waals surface area (Å²) in [4.78, 5) is 29.1. The van der Waals surface area contributed by atoms with Crippen LogP contribution in [0.25, 0.3) is 0 Å². The van der Waals surface area contributed by atoms with Crippen molar-refractivity contribution in [3.8, 4) is 6.07 Å². The monoisotopic (exact) mass is 327 g/mol. The number of nitriles is 1. The van der Waals surface area contributed by atoms with E-state index in [1.165, 1.54) is 13.1 Å². The Morgan fingerprint density at radius 1 is 1.25 bits per heavy atom. The van der Waals surface area contributed by atoms with Crippen molar-refractivity contribution in [3.05, 3.63) is 65.5 Å². The largest absolute Gasteiger partial charge is 0.335 e. The lowest BCUT2D eigenvalue weighted by Crippen LogP contribution is -2.37. The summed E-state index contributed by atoms with van der Waals surface area (Å²) in [5.74, 6) is -2.55. The van der Waals surface area contributed by atoms with Crippen molar-refractivity contribution in [2.45, 2.75) is 6.61 Å². The minimum atomic E-state index is -0.992. The normalized spacial score (nSPS) is 9.88. The standard InChI is InChI=1S/C17H14FN3O3/c1-21(24-11-12-5-3-2-4-6-12)17(23)16(22)20-15-8-7-14(18)9-13(15)10-19/h2-9H,11H2,1H3,(H,20,22). The van der Waals surface area contributed by atoms with Gasteiger partial charge in [-0.1, -0.05) is 30.3 Å². The highest BCUT2D eigenvalue weighted by Gasteiger charge is 2.21. The van der Waals surface area contributed by atoms with Crippen LogP contribution in [0.1, 0.15) is 11.1 Å².